The van der Waals surface area contributed by atoms with Crippen LogP contribution in [0.1, 0.15) is 11.1 Å². The van der Waals surface area contributed by atoms with Crippen LogP contribution in [0.2, 0.25) is 0 Å². The minimum absolute atomic E-state index is 0.227. The highest BCUT2D eigenvalue weighted by Gasteiger charge is 2.16. The largest absolute Gasteiger partial charge is 0.295 e. The zero-order valence-electron chi connectivity index (χ0n) is 9.26. The van der Waals surface area contributed by atoms with Crippen LogP contribution in [-0.4, -0.2) is 22.9 Å². The molecule has 0 atom stereocenters. The van der Waals surface area contributed by atoms with Gasteiger partial charge in [-0.1, -0.05) is 30.3 Å². The summed E-state index contributed by atoms with van der Waals surface area (Å²) in [5, 5.41) is 0. The molecular formula is C12H10N2O3S. The summed E-state index contributed by atoms with van der Waals surface area (Å²) < 4.78 is 32.0. The molecule has 0 saturated carbocycles. The van der Waals surface area contributed by atoms with Gasteiger partial charge in [0.2, 0.25) is 0 Å². The second kappa shape index (κ2) is 5.07. The Morgan fingerprint density at radius 2 is 1.72 bits per heavy atom. The summed E-state index contributed by atoms with van der Waals surface area (Å²) in [5.41, 5.74) is 0.901. The molecule has 0 radical (unpaired) electrons. The molecule has 0 spiro atoms. The van der Waals surface area contributed by atoms with Crippen molar-refractivity contribution in [3.05, 3.63) is 60.2 Å². The number of rotatable bonds is 3. The number of benzene rings is 1. The summed E-state index contributed by atoms with van der Waals surface area (Å²) >= 11 is 0. The summed E-state index contributed by atoms with van der Waals surface area (Å²) in [6, 6.07) is 8.82. The van der Waals surface area contributed by atoms with Gasteiger partial charge in [-0.3, -0.25) is 4.55 Å². The monoisotopic (exact) mass is 262 g/mol. The van der Waals surface area contributed by atoms with Crippen molar-refractivity contribution >= 4 is 21.1 Å². The van der Waals surface area contributed by atoms with E-state index in [4.69, 9.17) is 0 Å². The summed E-state index contributed by atoms with van der Waals surface area (Å²) in [7, 11) is -4.34. The molecule has 0 fully saturated rings. The second-order valence-corrected chi connectivity index (χ2v) is 4.91. The van der Waals surface area contributed by atoms with E-state index in [0.29, 0.717) is 5.56 Å². The molecule has 92 valence electrons. The van der Waals surface area contributed by atoms with E-state index in [-0.39, 0.29) is 10.5 Å². The van der Waals surface area contributed by atoms with E-state index in [1.807, 2.05) is 6.07 Å². The fraction of sp³-hybridized carbons (Fsp3) is 0. The van der Waals surface area contributed by atoms with Crippen LogP contribution < -0.4 is 0 Å². The Morgan fingerprint density at radius 1 is 1.11 bits per heavy atom. The number of nitrogens with zero attached hydrogens (tertiary/aromatic N) is 2. The Morgan fingerprint density at radius 3 is 2.28 bits per heavy atom. The predicted octanol–water partition coefficient (Wildman–Crippen LogP) is 1.86. The molecule has 0 amide bonds. The first-order chi connectivity index (χ1) is 8.57. The number of hydrogen-bond donors (Lipinski definition) is 1. The highest BCUT2D eigenvalue weighted by Crippen LogP contribution is 2.21. The predicted molar refractivity (Wildman–Crippen MR) is 67.9 cm³/mol. The number of aromatic nitrogens is 2. The highest BCUT2D eigenvalue weighted by molar-refractivity contribution is 7.95. The van der Waals surface area contributed by atoms with Crippen molar-refractivity contribution < 1.29 is 13.0 Å². The maximum atomic E-state index is 11.4. The van der Waals surface area contributed by atoms with Gasteiger partial charge >= 0.3 is 0 Å². The zero-order chi connectivity index (χ0) is 13.0. The van der Waals surface area contributed by atoms with E-state index in [9.17, 15) is 13.0 Å². The van der Waals surface area contributed by atoms with Gasteiger partial charge in [-0.2, -0.15) is 8.42 Å². The minimum atomic E-state index is -4.34. The van der Waals surface area contributed by atoms with Crippen LogP contribution in [0, 0.1) is 0 Å². The van der Waals surface area contributed by atoms with Crippen LogP contribution >= 0.6 is 0 Å². The van der Waals surface area contributed by atoms with Gasteiger partial charge in [0.15, 0.2) is 0 Å². The molecule has 1 aromatic carbocycles. The topological polar surface area (TPSA) is 80.2 Å². The summed E-state index contributed by atoms with van der Waals surface area (Å²) in [6.45, 7) is 0. The van der Waals surface area contributed by atoms with Crippen LogP contribution in [0.5, 0.6) is 0 Å². The lowest BCUT2D eigenvalue weighted by atomic mass is 10.2. The third-order valence-corrected chi connectivity index (χ3v) is 3.13. The van der Waals surface area contributed by atoms with E-state index in [2.05, 4.69) is 9.97 Å². The van der Waals surface area contributed by atoms with Crippen molar-refractivity contribution in [2.75, 3.05) is 0 Å². The van der Waals surface area contributed by atoms with Crippen molar-refractivity contribution in [2.24, 2.45) is 0 Å². The van der Waals surface area contributed by atoms with E-state index in [1.54, 1.807) is 24.3 Å². The summed E-state index contributed by atoms with van der Waals surface area (Å²) in [4.78, 5) is 7.24. The average Bonchev–Trinajstić information content (AvgIpc) is 2.37. The van der Waals surface area contributed by atoms with Crippen LogP contribution in [0.25, 0.3) is 11.0 Å². The van der Waals surface area contributed by atoms with Gasteiger partial charge in [0.1, 0.15) is 11.2 Å². The third-order valence-electron chi connectivity index (χ3n) is 2.22. The standard InChI is InChI=1S/C12H10N2O3S/c15-18(16,17)12(11-7-13-9-14-8-11)6-10-4-2-1-3-5-10/h1-9H,(H,15,16,17)/b12-6-. The Balaban J connectivity index is 2.56. The number of hydrogen-bond acceptors (Lipinski definition) is 4. The van der Waals surface area contributed by atoms with Gasteiger partial charge in [0.25, 0.3) is 10.1 Å². The Bertz CT molecular complexity index is 652. The van der Waals surface area contributed by atoms with Crippen molar-refractivity contribution in [1.29, 1.82) is 0 Å². The highest BCUT2D eigenvalue weighted by atomic mass is 32.2. The molecule has 1 heterocycles. The van der Waals surface area contributed by atoms with Crippen LogP contribution in [0.15, 0.2) is 49.1 Å². The molecule has 0 bridgehead atoms. The molecule has 1 aromatic heterocycles. The lowest BCUT2D eigenvalue weighted by Crippen LogP contribution is -2.02. The first-order valence-corrected chi connectivity index (χ1v) is 6.51. The molecule has 1 N–H and O–H groups in total. The first-order valence-electron chi connectivity index (χ1n) is 5.07. The van der Waals surface area contributed by atoms with Crippen molar-refractivity contribution in [3.8, 4) is 0 Å². The average molecular weight is 262 g/mol. The van der Waals surface area contributed by atoms with Gasteiger partial charge in [0.05, 0.1) is 0 Å². The van der Waals surface area contributed by atoms with Gasteiger partial charge in [-0.05, 0) is 11.6 Å². The lowest BCUT2D eigenvalue weighted by molar-refractivity contribution is 0.496. The smallest absolute Gasteiger partial charge is 0.282 e. The normalized spacial score (nSPS) is 12.4. The summed E-state index contributed by atoms with van der Waals surface area (Å²) in [6.07, 6.45) is 5.31. The zero-order valence-corrected chi connectivity index (χ0v) is 10.1. The van der Waals surface area contributed by atoms with Crippen molar-refractivity contribution in [3.63, 3.8) is 0 Å². The molecule has 2 aromatic rings. The third kappa shape index (κ3) is 2.99. The van der Waals surface area contributed by atoms with E-state index < -0.39 is 10.1 Å². The molecule has 0 unspecified atom stereocenters. The van der Waals surface area contributed by atoms with E-state index in [1.165, 1.54) is 24.8 Å². The quantitative estimate of drug-likeness (QED) is 0.854. The SMILES string of the molecule is O=S(=O)(O)/C(=C\c1ccccc1)c1cncnc1. The Kier molecular flexibility index (Phi) is 3.50. The molecule has 2 rings (SSSR count). The fourth-order valence-electron chi connectivity index (χ4n) is 1.43. The first kappa shape index (κ1) is 12.4. The Labute approximate surface area is 105 Å². The molecule has 0 aliphatic carbocycles. The second-order valence-electron chi connectivity index (χ2n) is 3.52. The van der Waals surface area contributed by atoms with Crippen LogP contribution in [0.4, 0.5) is 0 Å². The minimum Gasteiger partial charge on any atom is -0.282 e. The van der Waals surface area contributed by atoms with Gasteiger partial charge in [-0.25, -0.2) is 9.97 Å². The maximum absolute atomic E-state index is 11.4. The molecule has 6 heteroatoms. The Hall–Kier alpha value is -2.05. The van der Waals surface area contributed by atoms with Gasteiger partial charge < -0.3 is 0 Å². The molecule has 0 aliphatic rings. The molecule has 0 aliphatic heterocycles. The van der Waals surface area contributed by atoms with Crippen molar-refractivity contribution in [1.82, 2.24) is 9.97 Å². The molecular weight excluding hydrogens is 252 g/mol. The van der Waals surface area contributed by atoms with Gasteiger partial charge in [0, 0.05) is 18.0 Å². The maximum Gasteiger partial charge on any atom is 0.295 e. The fourth-order valence-corrected chi connectivity index (χ4v) is 2.12. The summed E-state index contributed by atoms with van der Waals surface area (Å²) in [5.74, 6) is 0. The molecule has 5 nitrogen and oxygen atoms in total. The van der Waals surface area contributed by atoms with Crippen LogP contribution in [-0.2, 0) is 10.1 Å². The van der Waals surface area contributed by atoms with E-state index >= 15 is 0 Å². The molecule has 18 heavy (non-hydrogen) atoms. The van der Waals surface area contributed by atoms with Crippen LogP contribution in [0.3, 0.4) is 0 Å². The van der Waals surface area contributed by atoms with E-state index in [0.717, 1.165) is 0 Å². The molecule has 0 saturated heterocycles. The van der Waals surface area contributed by atoms with Gasteiger partial charge in [-0.15, -0.1) is 0 Å². The van der Waals surface area contributed by atoms with Crippen molar-refractivity contribution in [2.45, 2.75) is 0 Å². The lowest BCUT2D eigenvalue weighted by Gasteiger charge is -2.03.